The zero-order valence-corrected chi connectivity index (χ0v) is 16.3. The number of nitrogens with one attached hydrogen (secondary N) is 3. The largest absolute Gasteiger partial charge is 0.465 e. The monoisotopic (exact) mass is 388 g/mol. The molecule has 3 rings (SSSR count). The molecule has 0 saturated heterocycles. The number of nitrogens with zero attached hydrogens (tertiary/aromatic N) is 3. The van der Waals surface area contributed by atoms with Crippen molar-refractivity contribution in [3.63, 3.8) is 0 Å². The summed E-state index contributed by atoms with van der Waals surface area (Å²) in [5.74, 6) is 1.26. The highest BCUT2D eigenvalue weighted by atomic mass is 16.4. The molecule has 2 heterocycles. The number of hydrogen-bond donors (Lipinski definition) is 4. The fourth-order valence-electron chi connectivity index (χ4n) is 4.01. The van der Waals surface area contributed by atoms with Crippen LogP contribution in [-0.4, -0.2) is 43.1 Å². The van der Waals surface area contributed by atoms with Crippen molar-refractivity contribution in [2.45, 2.75) is 57.4 Å². The molecule has 28 heavy (non-hydrogen) atoms. The van der Waals surface area contributed by atoms with Gasteiger partial charge in [-0.2, -0.15) is 10.2 Å². The highest BCUT2D eigenvalue weighted by molar-refractivity contribution is 5.91. The molecule has 1 aliphatic rings. The van der Waals surface area contributed by atoms with E-state index in [1.165, 1.54) is 0 Å². The van der Waals surface area contributed by atoms with E-state index in [0.29, 0.717) is 17.7 Å². The maximum Gasteiger partial charge on any atom is 0.404 e. The molecule has 152 valence electrons. The Kier molecular flexibility index (Phi) is 6.33. The molecule has 3 atom stereocenters. The Morgan fingerprint density at radius 2 is 2.25 bits per heavy atom. The molecule has 0 aliphatic heterocycles. The number of aromatic amines is 1. The first-order valence-electron chi connectivity index (χ1n) is 9.76. The number of carbonyl (C=O) groups excluding carboxylic acids is 1. The zero-order chi connectivity index (χ0) is 20.1. The van der Waals surface area contributed by atoms with Crippen LogP contribution >= 0.6 is 0 Å². The van der Waals surface area contributed by atoms with Crippen LogP contribution in [0.3, 0.4) is 0 Å². The lowest BCUT2D eigenvalue weighted by Gasteiger charge is -2.19. The van der Waals surface area contributed by atoms with Crippen molar-refractivity contribution >= 4 is 17.8 Å². The van der Waals surface area contributed by atoms with Gasteiger partial charge in [-0.25, -0.2) is 4.79 Å². The van der Waals surface area contributed by atoms with Gasteiger partial charge in [-0.1, -0.05) is 6.92 Å². The molecule has 9 heteroatoms. The molecule has 4 N–H and O–H groups in total. The van der Waals surface area contributed by atoms with Crippen LogP contribution in [0.15, 0.2) is 18.3 Å². The quantitative estimate of drug-likeness (QED) is 0.553. The van der Waals surface area contributed by atoms with Crippen LogP contribution in [0.25, 0.3) is 0 Å². The average molecular weight is 388 g/mol. The van der Waals surface area contributed by atoms with E-state index in [4.69, 9.17) is 5.11 Å². The lowest BCUT2D eigenvalue weighted by atomic mass is 9.95. The van der Waals surface area contributed by atoms with Gasteiger partial charge in [-0.05, 0) is 44.1 Å². The number of anilines is 1. The second-order valence-corrected chi connectivity index (χ2v) is 7.55. The van der Waals surface area contributed by atoms with Crippen molar-refractivity contribution in [1.29, 1.82) is 0 Å². The highest BCUT2D eigenvalue weighted by Gasteiger charge is 2.29. The number of H-pyrrole nitrogens is 1. The van der Waals surface area contributed by atoms with E-state index in [-0.39, 0.29) is 18.4 Å². The molecule has 1 fully saturated rings. The normalized spacial score (nSPS) is 20.1. The predicted octanol–water partition coefficient (Wildman–Crippen LogP) is 2.64. The van der Waals surface area contributed by atoms with Gasteiger partial charge in [0.05, 0.1) is 6.42 Å². The average Bonchev–Trinajstić information content (AvgIpc) is 3.36. The number of hydrogen-bond acceptors (Lipinski definition) is 4. The molecule has 1 saturated carbocycles. The van der Waals surface area contributed by atoms with E-state index in [9.17, 15) is 9.59 Å². The van der Waals surface area contributed by atoms with E-state index in [1.54, 1.807) is 17.9 Å². The Morgan fingerprint density at radius 3 is 2.93 bits per heavy atom. The van der Waals surface area contributed by atoms with Crippen LogP contribution in [0.1, 0.15) is 56.3 Å². The number of aromatic nitrogens is 4. The standard InChI is InChI=1S/C19H28N6O3/c1-3-14(21-19(27)28)9-12-4-5-13(8-12)16-11-17(24-23-16)22-18(26)10-15-6-7-20-25(15)2/h6-7,11-14,21H,3-5,8-10H2,1-2H3,(H,27,28)(H2,22,23,24,26). The Balaban J connectivity index is 1.51. The Bertz CT molecular complexity index is 814. The third kappa shape index (κ3) is 5.11. The minimum atomic E-state index is -0.957. The third-order valence-corrected chi connectivity index (χ3v) is 5.55. The first kappa shape index (κ1) is 19.9. The van der Waals surface area contributed by atoms with Crippen LogP contribution in [0.4, 0.5) is 10.6 Å². The maximum absolute atomic E-state index is 12.2. The van der Waals surface area contributed by atoms with E-state index < -0.39 is 6.09 Å². The molecule has 3 unspecified atom stereocenters. The van der Waals surface area contributed by atoms with Crippen molar-refractivity contribution in [1.82, 2.24) is 25.3 Å². The van der Waals surface area contributed by atoms with E-state index in [2.05, 4.69) is 25.9 Å². The van der Waals surface area contributed by atoms with Gasteiger partial charge in [0.1, 0.15) is 0 Å². The van der Waals surface area contributed by atoms with Crippen LogP contribution < -0.4 is 10.6 Å². The molecule has 0 bridgehead atoms. The first-order chi connectivity index (χ1) is 13.4. The molecule has 0 spiro atoms. The van der Waals surface area contributed by atoms with E-state index in [0.717, 1.165) is 43.5 Å². The van der Waals surface area contributed by atoms with Gasteiger partial charge in [0.2, 0.25) is 5.91 Å². The van der Waals surface area contributed by atoms with Gasteiger partial charge >= 0.3 is 6.09 Å². The minimum absolute atomic E-state index is 0.00451. The molecule has 1 aliphatic carbocycles. The molecule has 0 radical (unpaired) electrons. The third-order valence-electron chi connectivity index (χ3n) is 5.55. The summed E-state index contributed by atoms with van der Waals surface area (Å²) in [7, 11) is 1.81. The molecule has 2 amide bonds. The lowest BCUT2D eigenvalue weighted by Crippen LogP contribution is -2.34. The first-order valence-corrected chi connectivity index (χ1v) is 9.76. The van der Waals surface area contributed by atoms with E-state index >= 15 is 0 Å². The zero-order valence-electron chi connectivity index (χ0n) is 16.3. The van der Waals surface area contributed by atoms with Crippen molar-refractivity contribution in [3.05, 3.63) is 29.7 Å². The van der Waals surface area contributed by atoms with Crippen LogP contribution in [-0.2, 0) is 18.3 Å². The predicted molar refractivity (Wildman–Crippen MR) is 104 cm³/mol. The van der Waals surface area contributed by atoms with Crippen molar-refractivity contribution in [2.75, 3.05) is 5.32 Å². The van der Waals surface area contributed by atoms with Gasteiger partial charge in [-0.3, -0.25) is 14.6 Å². The van der Waals surface area contributed by atoms with Crippen LogP contribution in [0.5, 0.6) is 0 Å². The molecular weight excluding hydrogens is 360 g/mol. The summed E-state index contributed by atoms with van der Waals surface area (Å²) < 4.78 is 1.68. The number of carboxylic acid groups (broad SMARTS) is 1. The number of amides is 2. The molecule has 9 nitrogen and oxygen atoms in total. The maximum atomic E-state index is 12.2. The van der Waals surface area contributed by atoms with Gasteiger partial charge < -0.3 is 15.7 Å². The lowest BCUT2D eigenvalue weighted by molar-refractivity contribution is -0.115. The number of carbonyl (C=O) groups is 2. The second-order valence-electron chi connectivity index (χ2n) is 7.55. The number of rotatable bonds is 8. The summed E-state index contributed by atoms with van der Waals surface area (Å²) in [5.41, 5.74) is 1.87. The molecule has 2 aromatic rings. The van der Waals surface area contributed by atoms with Crippen molar-refractivity contribution < 1.29 is 14.7 Å². The molecular formula is C19H28N6O3. The smallest absolute Gasteiger partial charge is 0.404 e. The summed E-state index contributed by atoms with van der Waals surface area (Å²) >= 11 is 0. The van der Waals surface area contributed by atoms with Crippen LogP contribution in [0.2, 0.25) is 0 Å². The molecule has 2 aromatic heterocycles. The molecule has 0 aromatic carbocycles. The summed E-state index contributed by atoms with van der Waals surface area (Å²) in [6.45, 7) is 2.00. The fraction of sp³-hybridized carbons (Fsp3) is 0.579. The summed E-state index contributed by atoms with van der Waals surface area (Å²) in [5, 5.41) is 25.7. The number of aryl methyl sites for hydroxylation is 1. The highest BCUT2D eigenvalue weighted by Crippen LogP contribution is 2.40. The van der Waals surface area contributed by atoms with Gasteiger partial charge in [0.25, 0.3) is 0 Å². The van der Waals surface area contributed by atoms with E-state index in [1.807, 2.05) is 19.1 Å². The van der Waals surface area contributed by atoms with Gasteiger partial charge in [0, 0.05) is 42.7 Å². The van der Waals surface area contributed by atoms with Crippen molar-refractivity contribution in [3.8, 4) is 0 Å². The SMILES string of the molecule is CCC(CC1CCC(c2cc(NC(=O)Cc3ccnn3C)n[nH]2)C1)NC(=O)O. The topological polar surface area (TPSA) is 125 Å². The van der Waals surface area contributed by atoms with Gasteiger partial charge in [-0.15, -0.1) is 0 Å². The summed E-state index contributed by atoms with van der Waals surface area (Å²) in [6, 6.07) is 3.72. The minimum Gasteiger partial charge on any atom is -0.465 e. The second kappa shape index (κ2) is 8.90. The fourth-order valence-corrected chi connectivity index (χ4v) is 4.01. The van der Waals surface area contributed by atoms with Crippen molar-refractivity contribution in [2.24, 2.45) is 13.0 Å². The Hall–Kier alpha value is -2.84. The van der Waals surface area contributed by atoms with Crippen LogP contribution in [0, 0.1) is 5.92 Å². The Morgan fingerprint density at radius 1 is 1.43 bits per heavy atom. The van der Waals surface area contributed by atoms with Gasteiger partial charge in [0.15, 0.2) is 5.82 Å². The Labute approximate surface area is 163 Å². The summed E-state index contributed by atoms with van der Waals surface area (Å²) in [4.78, 5) is 23.1. The summed E-state index contributed by atoms with van der Waals surface area (Å²) in [6.07, 6.45) is 5.73.